The van der Waals surface area contributed by atoms with Crippen molar-refractivity contribution in [1.29, 1.82) is 5.26 Å². The number of halogens is 1. The summed E-state index contributed by atoms with van der Waals surface area (Å²) in [4.78, 5) is 0. The van der Waals surface area contributed by atoms with Gasteiger partial charge in [-0.2, -0.15) is 5.26 Å². The summed E-state index contributed by atoms with van der Waals surface area (Å²) in [7, 11) is 1.54. The van der Waals surface area contributed by atoms with Crippen molar-refractivity contribution in [3.8, 4) is 17.6 Å². The molecule has 0 aromatic heterocycles. The smallest absolute Gasteiger partial charge is 0.179 e. The molecule has 2 rings (SSSR count). The van der Waals surface area contributed by atoms with Crippen LogP contribution in [0.15, 0.2) is 12.1 Å². The molecule has 1 aliphatic heterocycles. The maximum Gasteiger partial charge on any atom is 0.179 e. The van der Waals surface area contributed by atoms with Crippen LogP contribution >= 0.6 is 11.6 Å². The van der Waals surface area contributed by atoms with E-state index >= 15 is 0 Å². The lowest BCUT2D eigenvalue weighted by atomic mass is 10.1. The number of ether oxygens (including phenoxy) is 2. The van der Waals surface area contributed by atoms with Crippen LogP contribution in [0, 0.1) is 11.3 Å². The molecule has 5 heteroatoms. The lowest BCUT2D eigenvalue weighted by Crippen LogP contribution is -2.38. The number of benzene rings is 1. The molecule has 0 spiro atoms. The summed E-state index contributed by atoms with van der Waals surface area (Å²) in [6.07, 6.45) is 3.55. The van der Waals surface area contributed by atoms with Crippen molar-refractivity contribution in [3.05, 3.63) is 22.7 Å². The van der Waals surface area contributed by atoms with Gasteiger partial charge in [0.05, 0.1) is 23.8 Å². The summed E-state index contributed by atoms with van der Waals surface area (Å²) in [6, 6.07) is 5.62. The molecule has 0 bridgehead atoms. The highest BCUT2D eigenvalue weighted by Crippen LogP contribution is 2.36. The minimum absolute atomic E-state index is 0.352. The van der Waals surface area contributed by atoms with E-state index in [1.165, 1.54) is 12.8 Å². The molecule has 0 radical (unpaired) electrons. The molecule has 1 atom stereocenters. The number of hydrogen-bond donors (Lipinski definition) is 1. The van der Waals surface area contributed by atoms with E-state index in [2.05, 4.69) is 5.32 Å². The zero-order valence-electron chi connectivity index (χ0n) is 10.9. The number of nitrogens with one attached hydrogen (secondary N) is 1. The number of methoxy groups -OCH3 is 1. The molecule has 1 saturated heterocycles. The lowest BCUT2D eigenvalue weighted by Gasteiger charge is -2.24. The topological polar surface area (TPSA) is 54.3 Å². The molecule has 1 aromatic carbocycles. The quantitative estimate of drug-likeness (QED) is 0.921. The van der Waals surface area contributed by atoms with Crippen LogP contribution in [0.25, 0.3) is 0 Å². The summed E-state index contributed by atoms with van der Waals surface area (Å²) in [5.41, 5.74) is 0.463. The summed E-state index contributed by atoms with van der Waals surface area (Å²) in [5, 5.41) is 12.7. The zero-order chi connectivity index (χ0) is 13.7. The van der Waals surface area contributed by atoms with E-state index in [0.29, 0.717) is 34.7 Å². The molecule has 1 fully saturated rings. The van der Waals surface area contributed by atoms with E-state index in [1.807, 2.05) is 6.07 Å². The Labute approximate surface area is 118 Å². The van der Waals surface area contributed by atoms with Gasteiger partial charge in [-0.1, -0.05) is 18.0 Å². The van der Waals surface area contributed by atoms with E-state index in [0.717, 1.165) is 13.0 Å². The van der Waals surface area contributed by atoms with Crippen LogP contribution in [0.3, 0.4) is 0 Å². The molecule has 0 aliphatic carbocycles. The van der Waals surface area contributed by atoms with Crippen LogP contribution in [0.5, 0.6) is 11.5 Å². The summed E-state index contributed by atoms with van der Waals surface area (Å²) < 4.78 is 11.0. The second-order valence-corrected chi connectivity index (χ2v) is 4.97. The van der Waals surface area contributed by atoms with E-state index in [4.69, 9.17) is 26.3 Å². The number of rotatable bonds is 4. The Morgan fingerprint density at radius 2 is 2.32 bits per heavy atom. The molecular formula is C14H17ClN2O2. The number of piperidine rings is 1. The fourth-order valence-electron chi connectivity index (χ4n) is 2.17. The second-order valence-electron chi connectivity index (χ2n) is 4.56. The average Bonchev–Trinajstić information content (AvgIpc) is 2.46. The first kappa shape index (κ1) is 14.0. The van der Waals surface area contributed by atoms with Crippen molar-refractivity contribution in [1.82, 2.24) is 5.32 Å². The highest BCUT2D eigenvalue weighted by Gasteiger charge is 2.16. The van der Waals surface area contributed by atoms with Gasteiger partial charge < -0.3 is 14.8 Å². The van der Waals surface area contributed by atoms with Gasteiger partial charge in [0, 0.05) is 12.1 Å². The third-order valence-corrected chi connectivity index (χ3v) is 3.48. The van der Waals surface area contributed by atoms with Crippen LogP contribution in [0.1, 0.15) is 24.8 Å². The fraction of sp³-hybridized carbons (Fsp3) is 0.500. The predicted molar refractivity (Wildman–Crippen MR) is 73.9 cm³/mol. The molecule has 0 saturated carbocycles. The van der Waals surface area contributed by atoms with Gasteiger partial charge in [0.1, 0.15) is 6.61 Å². The summed E-state index contributed by atoms with van der Waals surface area (Å²) in [5.74, 6) is 1.01. The standard InChI is InChI=1S/C14H17ClN2O2/c1-18-13-7-10(8-16)6-12(15)14(13)19-9-11-4-2-3-5-17-11/h6-7,11,17H,2-5,9H2,1H3. The Morgan fingerprint density at radius 1 is 1.47 bits per heavy atom. The van der Waals surface area contributed by atoms with Gasteiger partial charge >= 0.3 is 0 Å². The van der Waals surface area contributed by atoms with Gasteiger partial charge in [0.2, 0.25) is 0 Å². The number of nitrogens with zero attached hydrogens (tertiary/aromatic N) is 1. The molecule has 0 amide bonds. The van der Waals surface area contributed by atoms with Crippen molar-refractivity contribution in [2.24, 2.45) is 0 Å². The Balaban J connectivity index is 2.08. The third-order valence-electron chi connectivity index (χ3n) is 3.20. The monoisotopic (exact) mass is 280 g/mol. The molecule has 102 valence electrons. The molecular weight excluding hydrogens is 264 g/mol. The first-order valence-electron chi connectivity index (χ1n) is 6.38. The Hall–Kier alpha value is -1.44. The molecule has 1 heterocycles. The van der Waals surface area contributed by atoms with Gasteiger partial charge in [-0.3, -0.25) is 0 Å². The van der Waals surface area contributed by atoms with Crippen LogP contribution in [-0.2, 0) is 0 Å². The fourth-order valence-corrected chi connectivity index (χ4v) is 2.44. The van der Waals surface area contributed by atoms with Crippen molar-refractivity contribution in [2.75, 3.05) is 20.3 Å². The average molecular weight is 281 g/mol. The lowest BCUT2D eigenvalue weighted by molar-refractivity contribution is 0.230. The first-order valence-corrected chi connectivity index (χ1v) is 6.76. The number of hydrogen-bond acceptors (Lipinski definition) is 4. The Bertz CT molecular complexity index is 479. The van der Waals surface area contributed by atoms with Gasteiger partial charge in [0.25, 0.3) is 0 Å². The Kier molecular flexibility index (Phi) is 4.89. The van der Waals surface area contributed by atoms with E-state index in [9.17, 15) is 0 Å². The first-order chi connectivity index (χ1) is 9.24. The molecule has 1 N–H and O–H groups in total. The largest absolute Gasteiger partial charge is 0.493 e. The van der Waals surface area contributed by atoms with E-state index < -0.39 is 0 Å². The molecule has 1 aliphatic rings. The van der Waals surface area contributed by atoms with Gasteiger partial charge in [-0.15, -0.1) is 0 Å². The minimum Gasteiger partial charge on any atom is -0.493 e. The highest BCUT2D eigenvalue weighted by molar-refractivity contribution is 6.32. The van der Waals surface area contributed by atoms with Crippen molar-refractivity contribution in [3.63, 3.8) is 0 Å². The van der Waals surface area contributed by atoms with Crippen molar-refractivity contribution < 1.29 is 9.47 Å². The normalized spacial score (nSPS) is 18.7. The Morgan fingerprint density at radius 3 is 2.95 bits per heavy atom. The molecule has 4 nitrogen and oxygen atoms in total. The van der Waals surface area contributed by atoms with Gasteiger partial charge in [0.15, 0.2) is 11.5 Å². The molecule has 1 unspecified atom stereocenters. The second kappa shape index (κ2) is 6.65. The maximum absolute atomic E-state index is 8.89. The number of nitriles is 1. The van der Waals surface area contributed by atoms with Crippen LogP contribution in [-0.4, -0.2) is 26.3 Å². The molecule has 19 heavy (non-hydrogen) atoms. The SMILES string of the molecule is COc1cc(C#N)cc(Cl)c1OCC1CCCCN1. The summed E-state index contributed by atoms with van der Waals surface area (Å²) in [6.45, 7) is 1.59. The van der Waals surface area contributed by atoms with Crippen LogP contribution in [0.2, 0.25) is 5.02 Å². The van der Waals surface area contributed by atoms with E-state index in [-0.39, 0.29) is 0 Å². The van der Waals surface area contributed by atoms with Crippen LogP contribution in [0.4, 0.5) is 0 Å². The maximum atomic E-state index is 8.89. The van der Waals surface area contributed by atoms with Crippen molar-refractivity contribution in [2.45, 2.75) is 25.3 Å². The molecule has 1 aromatic rings. The van der Waals surface area contributed by atoms with Gasteiger partial charge in [-0.05, 0) is 25.5 Å². The summed E-state index contributed by atoms with van der Waals surface area (Å²) >= 11 is 6.13. The predicted octanol–water partition coefficient (Wildman–Crippen LogP) is 2.74. The van der Waals surface area contributed by atoms with Crippen LogP contribution < -0.4 is 14.8 Å². The highest BCUT2D eigenvalue weighted by atomic mass is 35.5. The third kappa shape index (κ3) is 3.52. The zero-order valence-corrected chi connectivity index (χ0v) is 11.7. The van der Waals surface area contributed by atoms with Gasteiger partial charge in [-0.25, -0.2) is 0 Å². The van der Waals surface area contributed by atoms with E-state index in [1.54, 1.807) is 19.2 Å². The van der Waals surface area contributed by atoms with Crippen molar-refractivity contribution >= 4 is 11.6 Å². The minimum atomic E-state index is 0.352.